The molecule has 2 N–H and O–H groups in total. The molecule has 0 atom stereocenters. The molecule has 21 heavy (non-hydrogen) atoms. The lowest BCUT2D eigenvalue weighted by Gasteiger charge is -2.08. The molecule has 2 rings (SSSR count). The molecule has 1 aromatic carbocycles. The van der Waals surface area contributed by atoms with Crippen LogP contribution in [0.5, 0.6) is 0 Å². The van der Waals surface area contributed by atoms with Gasteiger partial charge in [0, 0.05) is 12.4 Å². The van der Waals surface area contributed by atoms with Gasteiger partial charge in [0.05, 0.1) is 16.3 Å². The SMILES string of the molecule is O=C(Cn1cccnc1=O)Nc1ccc(C(=O)O)cc1Cl. The van der Waals surface area contributed by atoms with Gasteiger partial charge in [0.25, 0.3) is 0 Å². The number of aromatic nitrogens is 2. The summed E-state index contributed by atoms with van der Waals surface area (Å²) >= 11 is 5.89. The van der Waals surface area contributed by atoms with Gasteiger partial charge in [-0.2, -0.15) is 0 Å². The Morgan fingerprint density at radius 2 is 2.14 bits per heavy atom. The summed E-state index contributed by atoms with van der Waals surface area (Å²) in [4.78, 5) is 37.5. The number of amides is 1. The molecular weight excluding hydrogens is 298 g/mol. The summed E-state index contributed by atoms with van der Waals surface area (Å²) in [5.74, 6) is -1.59. The van der Waals surface area contributed by atoms with Gasteiger partial charge >= 0.3 is 11.7 Å². The van der Waals surface area contributed by atoms with E-state index in [1.807, 2.05) is 0 Å². The Morgan fingerprint density at radius 1 is 1.38 bits per heavy atom. The molecular formula is C13H10ClN3O4. The lowest BCUT2D eigenvalue weighted by Crippen LogP contribution is -2.28. The molecule has 0 fully saturated rings. The first-order valence-electron chi connectivity index (χ1n) is 5.81. The van der Waals surface area contributed by atoms with E-state index in [0.717, 1.165) is 4.57 Å². The number of rotatable bonds is 4. The molecule has 1 aromatic heterocycles. The minimum absolute atomic E-state index is 0.0153. The predicted molar refractivity (Wildman–Crippen MR) is 75.5 cm³/mol. The third-order valence-electron chi connectivity index (χ3n) is 2.59. The van der Waals surface area contributed by atoms with E-state index in [1.54, 1.807) is 0 Å². The van der Waals surface area contributed by atoms with E-state index in [1.165, 1.54) is 36.7 Å². The summed E-state index contributed by atoms with van der Waals surface area (Å²) < 4.78 is 1.13. The average molecular weight is 308 g/mol. The molecule has 0 bridgehead atoms. The van der Waals surface area contributed by atoms with Crippen molar-refractivity contribution in [2.75, 3.05) is 5.32 Å². The van der Waals surface area contributed by atoms with Crippen LogP contribution in [0.15, 0.2) is 41.5 Å². The third-order valence-corrected chi connectivity index (χ3v) is 2.90. The molecule has 0 aliphatic rings. The standard InChI is InChI=1S/C13H10ClN3O4/c14-9-6-8(12(19)20)2-3-10(9)16-11(18)7-17-5-1-4-15-13(17)21/h1-6H,7H2,(H,16,18)(H,19,20). The van der Waals surface area contributed by atoms with Gasteiger partial charge in [0.2, 0.25) is 5.91 Å². The van der Waals surface area contributed by atoms with Crippen LogP contribution < -0.4 is 11.0 Å². The summed E-state index contributed by atoms with van der Waals surface area (Å²) in [6, 6.07) is 5.47. The van der Waals surface area contributed by atoms with E-state index >= 15 is 0 Å². The molecule has 0 aliphatic carbocycles. The fraction of sp³-hybridized carbons (Fsp3) is 0.0769. The highest BCUT2D eigenvalue weighted by Crippen LogP contribution is 2.23. The van der Waals surface area contributed by atoms with Gasteiger partial charge in [0.1, 0.15) is 6.54 Å². The molecule has 8 heteroatoms. The van der Waals surface area contributed by atoms with E-state index in [-0.39, 0.29) is 22.8 Å². The molecule has 0 aliphatic heterocycles. The van der Waals surface area contributed by atoms with Crippen LogP contribution in [0.3, 0.4) is 0 Å². The maximum absolute atomic E-state index is 11.8. The van der Waals surface area contributed by atoms with Gasteiger partial charge in [-0.25, -0.2) is 14.6 Å². The Labute approximate surface area is 123 Å². The minimum Gasteiger partial charge on any atom is -0.478 e. The van der Waals surface area contributed by atoms with Crippen LogP contribution in [-0.2, 0) is 11.3 Å². The highest BCUT2D eigenvalue weighted by atomic mass is 35.5. The predicted octanol–water partition coefficient (Wildman–Crippen LogP) is 1.23. The summed E-state index contributed by atoms with van der Waals surface area (Å²) in [7, 11) is 0. The number of carbonyl (C=O) groups excluding carboxylic acids is 1. The second-order valence-corrected chi connectivity index (χ2v) is 4.49. The summed E-state index contributed by atoms with van der Waals surface area (Å²) in [6.07, 6.45) is 2.77. The quantitative estimate of drug-likeness (QED) is 0.884. The van der Waals surface area contributed by atoms with Crippen molar-refractivity contribution in [1.29, 1.82) is 0 Å². The van der Waals surface area contributed by atoms with Crippen LogP contribution in [0.2, 0.25) is 5.02 Å². The molecule has 0 spiro atoms. The summed E-state index contributed by atoms with van der Waals surface area (Å²) in [5.41, 5.74) is -0.259. The first kappa shape index (κ1) is 14.7. The van der Waals surface area contributed by atoms with Crippen molar-refractivity contribution in [3.63, 3.8) is 0 Å². The monoisotopic (exact) mass is 307 g/mol. The number of halogens is 1. The van der Waals surface area contributed by atoms with Crippen molar-refractivity contribution in [3.05, 3.63) is 57.7 Å². The number of hydrogen-bond acceptors (Lipinski definition) is 4. The molecule has 0 radical (unpaired) electrons. The van der Waals surface area contributed by atoms with Crippen LogP contribution in [0.25, 0.3) is 0 Å². The van der Waals surface area contributed by atoms with Crippen molar-refractivity contribution in [3.8, 4) is 0 Å². The number of aromatic carboxylic acids is 1. The number of anilines is 1. The van der Waals surface area contributed by atoms with Gasteiger partial charge in [-0.1, -0.05) is 11.6 Å². The smallest absolute Gasteiger partial charge is 0.347 e. The number of nitrogens with zero attached hydrogens (tertiary/aromatic N) is 2. The Hall–Kier alpha value is -2.67. The highest BCUT2D eigenvalue weighted by molar-refractivity contribution is 6.34. The maximum Gasteiger partial charge on any atom is 0.347 e. The Balaban J connectivity index is 2.12. The lowest BCUT2D eigenvalue weighted by atomic mass is 10.2. The molecule has 1 heterocycles. The van der Waals surface area contributed by atoms with Gasteiger partial charge in [-0.3, -0.25) is 9.36 Å². The van der Waals surface area contributed by atoms with Crippen molar-refractivity contribution in [2.24, 2.45) is 0 Å². The number of hydrogen-bond donors (Lipinski definition) is 2. The number of carboxylic acid groups (broad SMARTS) is 1. The first-order chi connectivity index (χ1) is 9.97. The molecule has 7 nitrogen and oxygen atoms in total. The highest BCUT2D eigenvalue weighted by Gasteiger charge is 2.10. The van der Waals surface area contributed by atoms with E-state index in [2.05, 4.69) is 10.3 Å². The van der Waals surface area contributed by atoms with Gasteiger partial charge in [-0.05, 0) is 24.3 Å². The third kappa shape index (κ3) is 3.67. The van der Waals surface area contributed by atoms with Gasteiger partial charge in [-0.15, -0.1) is 0 Å². The van der Waals surface area contributed by atoms with E-state index in [0.29, 0.717) is 0 Å². The fourth-order valence-electron chi connectivity index (χ4n) is 1.60. The molecule has 108 valence electrons. The summed E-state index contributed by atoms with van der Waals surface area (Å²) in [5, 5.41) is 11.4. The number of benzene rings is 1. The van der Waals surface area contributed by atoms with Crippen LogP contribution in [0, 0.1) is 0 Å². The van der Waals surface area contributed by atoms with Gasteiger partial charge in [0.15, 0.2) is 0 Å². The summed E-state index contributed by atoms with van der Waals surface area (Å²) in [6.45, 7) is -0.219. The van der Waals surface area contributed by atoms with E-state index in [4.69, 9.17) is 16.7 Å². The largest absolute Gasteiger partial charge is 0.478 e. The van der Waals surface area contributed by atoms with Crippen molar-refractivity contribution in [1.82, 2.24) is 9.55 Å². The zero-order valence-electron chi connectivity index (χ0n) is 10.6. The fourth-order valence-corrected chi connectivity index (χ4v) is 1.83. The van der Waals surface area contributed by atoms with Crippen molar-refractivity contribution in [2.45, 2.75) is 6.54 Å². The number of carboxylic acids is 1. The Kier molecular flexibility index (Phi) is 4.34. The van der Waals surface area contributed by atoms with Crippen LogP contribution in [0.1, 0.15) is 10.4 Å². The molecule has 0 unspecified atom stereocenters. The van der Waals surface area contributed by atoms with Crippen LogP contribution >= 0.6 is 11.6 Å². The van der Waals surface area contributed by atoms with E-state index in [9.17, 15) is 14.4 Å². The topological polar surface area (TPSA) is 101 Å². The maximum atomic E-state index is 11.8. The lowest BCUT2D eigenvalue weighted by molar-refractivity contribution is -0.116. The van der Waals surface area contributed by atoms with E-state index < -0.39 is 17.6 Å². The zero-order chi connectivity index (χ0) is 15.4. The Bertz CT molecular complexity index is 757. The number of carbonyl (C=O) groups is 2. The minimum atomic E-state index is -1.11. The molecule has 2 aromatic rings. The first-order valence-corrected chi connectivity index (χ1v) is 6.19. The average Bonchev–Trinajstić information content (AvgIpc) is 2.43. The molecule has 1 amide bonds. The van der Waals surface area contributed by atoms with Crippen molar-refractivity contribution < 1.29 is 14.7 Å². The van der Waals surface area contributed by atoms with Crippen molar-refractivity contribution >= 4 is 29.2 Å². The second-order valence-electron chi connectivity index (χ2n) is 4.08. The molecule has 0 saturated carbocycles. The second kappa shape index (κ2) is 6.19. The molecule has 0 saturated heterocycles. The Morgan fingerprint density at radius 3 is 2.76 bits per heavy atom. The number of nitrogens with one attached hydrogen (secondary N) is 1. The zero-order valence-corrected chi connectivity index (χ0v) is 11.4. The van der Waals surface area contributed by atoms with Crippen LogP contribution in [0.4, 0.5) is 5.69 Å². The normalized spacial score (nSPS) is 10.1. The van der Waals surface area contributed by atoms with Gasteiger partial charge < -0.3 is 10.4 Å². The van der Waals surface area contributed by atoms with Crippen LogP contribution in [-0.4, -0.2) is 26.5 Å².